The van der Waals surface area contributed by atoms with Crippen LogP contribution in [0.2, 0.25) is 0 Å². The number of furan rings is 1. The van der Waals surface area contributed by atoms with E-state index in [1.54, 1.807) is 4.68 Å². The number of aromatic hydroxyl groups is 2. The fourth-order valence-electron chi connectivity index (χ4n) is 2.60. The van der Waals surface area contributed by atoms with Crippen LogP contribution in [0.5, 0.6) is 11.5 Å². The van der Waals surface area contributed by atoms with Crippen molar-refractivity contribution < 1.29 is 14.6 Å². The van der Waals surface area contributed by atoms with E-state index in [0.29, 0.717) is 11.3 Å². The number of para-hydroxylation sites is 1. The first-order valence-electron chi connectivity index (χ1n) is 6.54. The van der Waals surface area contributed by atoms with Crippen molar-refractivity contribution >= 4 is 22.1 Å². The Labute approximate surface area is 119 Å². The molecule has 5 nitrogen and oxygen atoms in total. The number of aryl methyl sites for hydroxylation is 1. The molecule has 0 amide bonds. The first-order chi connectivity index (χ1) is 10.1. The Morgan fingerprint density at radius 1 is 1.05 bits per heavy atom. The van der Waals surface area contributed by atoms with Gasteiger partial charge in [0.25, 0.3) is 0 Å². The number of hydrogen-bond acceptors (Lipinski definition) is 4. The van der Waals surface area contributed by atoms with Crippen LogP contribution in [0.4, 0.5) is 0 Å². The lowest BCUT2D eigenvalue weighted by Gasteiger charge is -2.00. The SMILES string of the molecule is Cc1nn(-c2ccccc2)c2oc3cc(O)c(O)cc3c12. The van der Waals surface area contributed by atoms with Crippen molar-refractivity contribution in [2.45, 2.75) is 6.92 Å². The lowest BCUT2D eigenvalue weighted by atomic mass is 10.1. The van der Waals surface area contributed by atoms with Crippen LogP contribution in [-0.4, -0.2) is 20.0 Å². The van der Waals surface area contributed by atoms with E-state index in [1.807, 2.05) is 37.3 Å². The van der Waals surface area contributed by atoms with E-state index in [4.69, 9.17) is 4.42 Å². The molecule has 4 rings (SSSR count). The number of hydrogen-bond donors (Lipinski definition) is 2. The van der Waals surface area contributed by atoms with E-state index >= 15 is 0 Å². The summed E-state index contributed by atoms with van der Waals surface area (Å²) >= 11 is 0. The molecule has 104 valence electrons. The summed E-state index contributed by atoms with van der Waals surface area (Å²) in [7, 11) is 0. The average Bonchev–Trinajstić information content (AvgIpc) is 2.99. The first-order valence-corrected chi connectivity index (χ1v) is 6.54. The number of benzene rings is 2. The fourth-order valence-corrected chi connectivity index (χ4v) is 2.60. The Bertz CT molecular complexity index is 968. The number of aromatic nitrogens is 2. The highest BCUT2D eigenvalue weighted by atomic mass is 16.3. The molecular formula is C16H12N2O3. The van der Waals surface area contributed by atoms with Gasteiger partial charge in [-0.15, -0.1) is 0 Å². The second-order valence-corrected chi connectivity index (χ2v) is 4.95. The van der Waals surface area contributed by atoms with Gasteiger partial charge in [-0.2, -0.15) is 9.78 Å². The molecule has 0 bridgehead atoms. The molecule has 0 aliphatic heterocycles. The monoisotopic (exact) mass is 280 g/mol. The van der Waals surface area contributed by atoms with Crippen molar-refractivity contribution in [3.8, 4) is 17.2 Å². The molecule has 5 heteroatoms. The Morgan fingerprint density at radius 2 is 1.76 bits per heavy atom. The highest BCUT2D eigenvalue weighted by Gasteiger charge is 2.18. The summed E-state index contributed by atoms with van der Waals surface area (Å²) < 4.78 is 7.54. The molecule has 0 saturated heterocycles. The molecule has 2 N–H and O–H groups in total. The number of nitrogens with zero attached hydrogens (tertiary/aromatic N) is 2. The largest absolute Gasteiger partial charge is 0.504 e. The van der Waals surface area contributed by atoms with Crippen LogP contribution in [0.3, 0.4) is 0 Å². The van der Waals surface area contributed by atoms with E-state index in [9.17, 15) is 10.2 Å². The highest BCUT2D eigenvalue weighted by molar-refractivity contribution is 6.06. The van der Waals surface area contributed by atoms with E-state index in [2.05, 4.69) is 5.10 Å². The number of phenols is 2. The summed E-state index contributed by atoms with van der Waals surface area (Å²) in [5, 5.41) is 25.4. The van der Waals surface area contributed by atoms with E-state index in [-0.39, 0.29) is 11.5 Å². The van der Waals surface area contributed by atoms with Crippen molar-refractivity contribution in [1.29, 1.82) is 0 Å². The van der Waals surface area contributed by atoms with Crippen LogP contribution in [-0.2, 0) is 0 Å². The van der Waals surface area contributed by atoms with Gasteiger partial charge in [-0.3, -0.25) is 0 Å². The zero-order valence-corrected chi connectivity index (χ0v) is 11.2. The molecule has 0 radical (unpaired) electrons. The maximum absolute atomic E-state index is 9.69. The molecule has 0 aliphatic rings. The third kappa shape index (κ3) is 1.61. The van der Waals surface area contributed by atoms with Gasteiger partial charge in [0.05, 0.1) is 16.8 Å². The molecule has 0 unspecified atom stereocenters. The molecule has 0 fully saturated rings. The Hall–Kier alpha value is -2.95. The van der Waals surface area contributed by atoms with Crippen LogP contribution in [0, 0.1) is 6.92 Å². The van der Waals surface area contributed by atoms with E-state index < -0.39 is 0 Å². The van der Waals surface area contributed by atoms with Crippen LogP contribution in [0.25, 0.3) is 27.8 Å². The third-order valence-corrected chi connectivity index (χ3v) is 3.57. The lowest BCUT2D eigenvalue weighted by Crippen LogP contribution is -1.95. The molecular weight excluding hydrogens is 268 g/mol. The second-order valence-electron chi connectivity index (χ2n) is 4.95. The maximum atomic E-state index is 9.69. The van der Waals surface area contributed by atoms with Gasteiger partial charge < -0.3 is 14.6 Å². The molecule has 0 saturated carbocycles. The van der Waals surface area contributed by atoms with Crippen LogP contribution >= 0.6 is 0 Å². The van der Waals surface area contributed by atoms with Gasteiger partial charge in [-0.1, -0.05) is 18.2 Å². The minimum Gasteiger partial charge on any atom is -0.504 e. The predicted molar refractivity (Wildman–Crippen MR) is 78.9 cm³/mol. The summed E-state index contributed by atoms with van der Waals surface area (Å²) in [4.78, 5) is 0. The highest BCUT2D eigenvalue weighted by Crippen LogP contribution is 2.38. The molecule has 2 heterocycles. The zero-order valence-electron chi connectivity index (χ0n) is 11.2. The van der Waals surface area contributed by atoms with Gasteiger partial charge in [0, 0.05) is 11.5 Å². The second kappa shape index (κ2) is 4.02. The van der Waals surface area contributed by atoms with Crippen LogP contribution in [0.15, 0.2) is 46.9 Å². The number of phenolic OH excluding ortho intramolecular Hbond substituents is 2. The van der Waals surface area contributed by atoms with Crippen LogP contribution in [0.1, 0.15) is 5.69 Å². The van der Waals surface area contributed by atoms with Crippen LogP contribution < -0.4 is 0 Å². The summed E-state index contributed by atoms with van der Waals surface area (Å²) in [5.74, 6) is -0.368. The Morgan fingerprint density at radius 3 is 2.52 bits per heavy atom. The third-order valence-electron chi connectivity index (χ3n) is 3.57. The molecule has 4 aromatic rings. The van der Waals surface area contributed by atoms with Crippen molar-refractivity contribution in [3.05, 3.63) is 48.2 Å². The maximum Gasteiger partial charge on any atom is 0.230 e. The molecule has 0 aliphatic carbocycles. The molecule has 2 aromatic heterocycles. The molecule has 0 spiro atoms. The summed E-state index contributed by atoms with van der Waals surface area (Å²) in [5.41, 5.74) is 2.81. The van der Waals surface area contributed by atoms with Gasteiger partial charge in [-0.25, -0.2) is 0 Å². The lowest BCUT2D eigenvalue weighted by molar-refractivity contribution is 0.404. The standard InChI is InChI=1S/C16H12N2O3/c1-9-15-11-7-12(19)13(20)8-14(11)21-16(15)18(17-9)10-5-3-2-4-6-10/h2-8,19-20H,1H3. The van der Waals surface area contributed by atoms with Gasteiger partial charge in [0.15, 0.2) is 11.5 Å². The smallest absolute Gasteiger partial charge is 0.230 e. The van der Waals surface area contributed by atoms with E-state index in [1.165, 1.54) is 12.1 Å². The van der Waals surface area contributed by atoms with Crippen molar-refractivity contribution in [2.24, 2.45) is 0 Å². The summed E-state index contributed by atoms with van der Waals surface area (Å²) in [6.07, 6.45) is 0. The molecule has 0 atom stereocenters. The van der Waals surface area contributed by atoms with Gasteiger partial charge in [-0.05, 0) is 25.1 Å². The number of fused-ring (bicyclic) bond motifs is 3. The van der Waals surface area contributed by atoms with Crippen molar-refractivity contribution in [3.63, 3.8) is 0 Å². The topological polar surface area (TPSA) is 71.4 Å². The average molecular weight is 280 g/mol. The zero-order chi connectivity index (χ0) is 14.6. The van der Waals surface area contributed by atoms with E-state index in [0.717, 1.165) is 22.2 Å². The first kappa shape index (κ1) is 11.8. The van der Waals surface area contributed by atoms with Gasteiger partial charge in [0.1, 0.15) is 5.58 Å². The van der Waals surface area contributed by atoms with Gasteiger partial charge in [0.2, 0.25) is 5.71 Å². The number of rotatable bonds is 1. The quantitative estimate of drug-likeness (QED) is 0.523. The predicted octanol–water partition coefficient (Wildman–Crippen LogP) is 3.49. The Balaban J connectivity index is 2.12. The van der Waals surface area contributed by atoms with Crippen molar-refractivity contribution in [2.75, 3.05) is 0 Å². The van der Waals surface area contributed by atoms with Crippen molar-refractivity contribution in [1.82, 2.24) is 9.78 Å². The minimum absolute atomic E-state index is 0.169. The minimum atomic E-state index is -0.198. The summed E-state index contributed by atoms with van der Waals surface area (Å²) in [6.45, 7) is 1.89. The summed E-state index contributed by atoms with van der Waals surface area (Å²) in [6, 6.07) is 12.6. The van der Waals surface area contributed by atoms with Gasteiger partial charge >= 0.3 is 0 Å². The molecule has 2 aromatic carbocycles. The Kier molecular flexibility index (Phi) is 2.27. The normalized spacial score (nSPS) is 11.5. The fraction of sp³-hybridized carbons (Fsp3) is 0.0625. The molecule has 21 heavy (non-hydrogen) atoms.